The summed E-state index contributed by atoms with van der Waals surface area (Å²) in [5.74, 6) is 1.01. The highest BCUT2D eigenvalue weighted by atomic mass is 15.0. The van der Waals surface area contributed by atoms with Crippen LogP contribution < -0.4 is 5.32 Å². The first-order valence-electron chi connectivity index (χ1n) is 5.52. The van der Waals surface area contributed by atoms with E-state index in [9.17, 15) is 0 Å². The third kappa shape index (κ3) is 2.49. The molecule has 1 aromatic carbocycles. The molecule has 0 saturated carbocycles. The molecule has 0 aliphatic rings. The van der Waals surface area contributed by atoms with Gasteiger partial charge < -0.3 is 10.3 Å². The lowest BCUT2D eigenvalue weighted by Gasteiger charge is -1.98. The second kappa shape index (κ2) is 4.94. The third-order valence-electron chi connectivity index (χ3n) is 2.59. The summed E-state index contributed by atoms with van der Waals surface area (Å²) in [4.78, 5) is 7.87. The molecule has 0 spiro atoms. The molecule has 16 heavy (non-hydrogen) atoms. The van der Waals surface area contributed by atoms with E-state index in [0.29, 0.717) is 0 Å². The first kappa shape index (κ1) is 10.9. The molecule has 0 unspecified atom stereocenters. The Morgan fingerprint density at radius 2 is 2.00 bits per heavy atom. The van der Waals surface area contributed by atoms with Crippen LogP contribution in [0.1, 0.15) is 22.8 Å². The summed E-state index contributed by atoms with van der Waals surface area (Å²) in [5.41, 5.74) is 3.60. The standard InChI is InChI=1S/C13H17N3/c1-10-12(16-13(15-10)9-14-2)8-11-6-4-3-5-7-11/h3-7,14H,8-9H2,1-2H3,(H,15,16). The van der Waals surface area contributed by atoms with Crippen molar-refractivity contribution in [1.82, 2.24) is 15.3 Å². The van der Waals surface area contributed by atoms with Gasteiger partial charge in [0.25, 0.3) is 0 Å². The lowest BCUT2D eigenvalue weighted by Crippen LogP contribution is -2.06. The van der Waals surface area contributed by atoms with E-state index in [2.05, 4.69) is 46.5 Å². The van der Waals surface area contributed by atoms with E-state index < -0.39 is 0 Å². The molecule has 2 aromatic rings. The van der Waals surface area contributed by atoms with Gasteiger partial charge in [-0.05, 0) is 19.5 Å². The van der Waals surface area contributed by atoms with Crippen LogP contribution in [0.5, 0.6) is 0 Å². The smallest absolute Gasteiger partial charge is 0.120 e. The zero-order valence-corrected chi connectivity index (χ0v) is 9.75. The Hall–Kier alpha value is -1.61. The molecule has 0 bridgehead atoms. The number of nitrogens with one attached hydrogen (secondary N) is 2. The van der Waals surface area contributed by atoms with Crippen LogP contribution in [0.4, 0.5) is 0 Å². The quantitative estimate of drug-likeness (QED) is 0.819. The summed E-state index contributed by atoms with van der Waals surface area (Å²) in [5, 5.41) is 3.09. The molecule has 84 valence electrons. The first-order chi connectivity index (χ1) is 7.79. The van der Waals surface area contributed by atoms with Crippen LogP contribution in [0.2, 0.25) is 0 Å². The van der Waals surface area contributed by atoms with Gasteiger partial charge in [-0.15, -0.1) is 0 Å². The molecule has 3 nitrogen and oxygen atoms in total. The van der Waals surface area contributed by atoms with Gasteiger partial charge in [-0.1, -0.05) is 30.3 Å². The van der Waals surface area contributed by atoms with Crippen LogP contribution in [0.3, 0.4) is 0 Å². The predicted octanol–water partition coefficient (Wildman–Crippen LogP) is 2.03. The number of aromatic nitrogens is 2. The van der Waals surface area contributed by atoms with Gasteiger partial charge in [0.2, 0.25) is 0 Å². The third-order valence-corrected chi connectivity index (χ3v) is 2.59. The number of aryl methyl sites for hydroxylation is 1. The average Bonchev–Trinajstić information content (AvgIpc) is 2.61. The minimum absolute atomic E-state index is 0.787. The number of aromatic amines is 1. The molecule has 2 rings (SSSR count). The molecule has 2 N–H and O–H groups in total. The predicted molar refractivity (Wildman–Crippen MR) is 65.3 cm³/mol. The van der Waals surface area contributed by atoms with Crippen molar-refractivity contribution in [3.05, 3.63) is 53.1 Å². The number of hydrogen-bond acceptors (Lipinski definition) is 2. The molecule has 3 heteroatoms. The van der Waals surface area contributed by atoms with Crippen molar-refractivity contribution in [2.24, 2.45) is 0 Å². The van der Waals surface area contributed by atoms with E-state index in [1.807, 2.05) is 13.1 Å². The summed E-state index contributed by atoms with van der Waals surface area (Å²) in [6.45, 7) is 2.86. The highest BCUT2D eigenvalue weighted by Gasteiger charge is 2.06. The number of hydrogen-bond donors (Lipinski definition) is 2. The molecule has 0 atom stereocenters. The summed E-state index contributed by atoms with van der Waals surface area (Å²) in [6, 6.07) is 10.4. The van der Waals surface area contributed by atoms with Gasteiger partial charge >= 0.3 is 0 Å². The van der Waals surface area contributed by atoms with Gasteiger partial charge in [-0.3, -0.25) is 0 Å². The molecule has 0 aliphatic carbocycles. The average molecular weight is 215 g/mol. The molecule has 1 heterocycles. The van der Waals surface area contributed by atoms with Gasteiger partial charge in [0.05, 0.1) is 12.2 Å². The highest BCUT2D eigenvalue weighted by molar-refractivity contribution is 5.24. The Balaban J connectivity index is 2.15. The molecule has 0 aliphatic heterocycles. The first-order valence-corrected chi connectivity index (χ1v) is 5.52. The second-order valence-corrected chi connectivity index (χ2v) is 3.95. The van der Waals surface area contributed by atoms with Crippen LogP contribution in [-0.4, -0.2) is 17.0 Å². The largest absolute Gasteiger partial charge is 0.345 e. The van der Waals surface area contributed by atoms with Crippen molar-refractivity contribution < 1.29 is 0 Å². The van der Waals surface area contributed by atoms with Crippen LogP contribution in [-0.2, 0) is 13.0 Å². The van der Waals surface area contributed by atoms with Crippen molar-refractivity contribution >= 4 is 0 Å². The van der Waals surface area contributed by atoms with Crippen LogP contribution >= 0.6 is 0 Å². The van der Waals surface area contributed by atoms with Crippen LogP contribution in [0.25, 0.3) is 0 Å². The summed E-state index contributed by atoms with van der Waals surface area (Å²) in [6.07, 6.45) is 0.896. The van der Waals surface area contributed by atoms with E-state index in [-0.39, 0.29) is 0 Å². The number of H-pyrrole nitrogens is 1. The van der Waals surface area contributed by atoms with Crippen LogP contribution in [0, 0.1) is 6.92 Å². The van der Waals surface area contributed by atoms with E-state index in [1.165, 1.54) is 5.56 Å². The molecular formula is C13H17N3. The fourth-order valence-corrected chi connectivity index (χ4v) is 1.78. The van der Waals surface area contributed by atoms with Gasteiger partial charge in [-0.2, -0.15) is 0 Å². The molecule has 0 fully saturated rings. The van der Waals surface area contributed by atoms with Gasteiger partial charge in [0, 0.05) is 12.1 Å². The zero-order chi connectivity index (χ0) is 11.4. The Labute approximate surface area is 95.9 Å². The lowest BCUT2D eigenvalue weighted by atomic mass is 10.1. The molecule has 0 radical (unpaired) electrons. The maximum atomic E-state index is 4.58. The fraction of sp³-hybridized carbons (Fsp3) is 0.308. The van der Waals surface area contributed by atoms with E-state index in [1.54, 1.807) is 0 Å². The Kier molecular flexibility index (Phi) is 3.37. The number of imidazole rings is 1. The highest BCUT2D eigenvalue weighted by Crippen LogP contribution is 2.11. The molecule has 1 aromatic heterocycles. The Morgan fingerprint density at radius 1 is 1.25 bits per heavy atom. The maximum absolute atomic E-state index is 4.58. The zero-order valence-electron chi connectivity index (χ0n) is 9.75. The van der Waals surface area contributed by atoms with Gasteiger partial charge in [0.1, 0.15) is 5.82 Å². The fourth-order valence-electron chi connectivity index (χ4n) is 1.78. The number of nitrogens with zero attached hydrogens (tertiary/aromatic N) is 1. The van der Waals surface area contributed by atoms with Crippen molar-refractivity contribution in [2.75, 3.05) is 7.05 Å². The molecule has 0 saturated heterocycles. The minimum atomic E-state index is 0.787. The number of rotatable bonds is 4. The van der Waals surface area contributed by atoms with E-state index >= 15 is 0 Å². The van der Waals surface area contributed by atoms with Crippen molar-refractivity contribution in [3.63, 3.8) is 0 Å². The normalized spacial score (nSPS) is 10.6. The van der Waals surface area contributed by atoms with E-state index in [0.717, 1.165) is 30.2 Å². The van der Waals surface area contributed by atoms with Gasteiger partial charge in [0.15, 0.2) is 0 Å². The molecule has 0 amide bonds. The monoisotopic (exact) mass is 215 g/mol. The van der Waals surface area contributed by atoms with Gasteiger partial charge in [-0.25, -0.2) is 4.98 Å². The maximum Gasteiger partial charge on any atom is 0.120 e. The Morgan fingerprint density at radius 3 is 2.69 bits per heavy atom. The minimum Gasteiger partial charge on any atom is -0.345 e. The number of benzene rings is 1. The SMILES string of the molecule is CNCc1nc(Cc2ccccc2)c(C)[nH]1. The lowest BCUT2D eigenvalue weighted by molar-refractivity contribution is 0.768. The summed E-state index contributed by atoms with van der Waals surface area (Å²) >= 11 is 0. The van der Waals surface area contributed by atoms with Crippen molar-refractivity contribution in [3.8, 4) is 0 Å². The van der Waals surface area contributed by atoms with Crippen molar-refractivity contribution in [2.45, 2.75) is 19.9 Å². The van der Waals surface area contributed by atoms with Crippen LogP contribution in [0.15, 0.2) is 30.3 Å². The summed E-state index contributed by atoms with van der Waals surface area (Å²) < 4.78 is 0. The second-order valence-electron chi connectivity index (χ2n) is 3.95. The van der Waals surface area contributed by atoms with E-state index in [4.69, 9.17) is 0 Å². The Bertz CT molecular complexity index is 445. The molecular weight excluding hydrogens is 198 g/mol. The van der Waals surface area contributed by atoms with Crippen molar-refractivity contribution in [1.29, 1.82) is 0 Å². The summed E-state index contributed by atoms with van der Waals surface area (Å²) in [7, 11) is 1.93. The topological polar surface area (TPSA) is 40.7 Å².